The molecule has 5 heteroatoms. The molecule has 174 valence electrons. The molecule has 0 unspecified atom stereocenters. The van der Waals surface area contributed by atoms with Crippen molar-refractivity contribution in [3.8, 4) is 0 Å². The van der Waals surface area contributed by atoms with Crippen molar-refractivity contribution < 1.29 is 4.79 Å². The van der Waals surface area contributed by atoms with E-state index in [1.807, 2.05) is 0 Å². The first-order valence-corrected chi connectivity index (χ1v) is 12.6. The van der Waals surface area contributed by atoms with E-state index in [0.717, 1.165) is 62.4 Å². The summed E-state index contributed by atoms with van der Waals surface area (Å²) in [7, 11) is 0. The zero-order valence-corrected chi connectivity index (χ0v) is 20.3. The molecule has 0 atom stereocenters. The lowest BCUT2D eigenvalue weighted by molar-refractivity contribution is -0.188. The Balaban J connectivity index is 1.22. The largest absolute Gasteiger partial charge is 0.310 e. The van der Waals surface area contributed by atoms with Crippen molar-refractivity contribution in [2.75, 3.05) is 11.9 Å². The van der Waals surface area contributed by atoms with E-state index >= 15 is 0 Å². The SMILES string of the molecule is CC12CC3(C)CC(C)(C1)CC(C(=O)Nc1ncnc4c1CCN(Cc1ccccc1)C4)(C2)C3. The van der Waals surface area contributed by atoms with Crippen LogP contribution in [0.1, 0.15) is 76.1 Å². The molecular formula is C28H36N4O. The van der Waals surface area contributed by atoms with Gasteiger partial charge in [-0.1, -0.05) is 51.1 Å². The molecule has 4 aliphatic carbocycles. The van der Waals surface area contributed by atoms with E-state index < -0.39 is 0 Å². The van der Waals surface area contributed by atoms with Gasteiger partial charge in [0.05, 0.1) is 11.1 Å². The third-order valence-corrected chi connectivity index (χ3v) is 8.90. The number of hydrogen-bond donors (Lipinski definition) is 1. The monoisotopic (exact) mass is 444 g/mol. The molecule has 0 spiro atoms. The minimum absolute atomic E-state index is 0.206. The Bertz CT molecular complexity index is 1040. The maximum absolute atomic E-state index is 13.9. The van der Waals surface area contributed by atoms with Gasteiger partial charge in [0, 0.05) is 25.2 Å². The number of aromatic nitrogens is 2. The summed E-state index contributed by atoms with van der Waals surface area (Å²) < 4.78 is 0. The second kappa shape index (κ2) is 7.11. The van der Waals surface area contributed by atoms with E-state index in [0.29, 0.717) is 16.2 Å². The van der Waals surface area contributed by atoms with Crippen molar-refractivity contribution in [1.29, 1.82) is 0 Å². The third kappa shape index (κ3) is 3.69. The molecule has 1 amide bonds. The summed E-state index contributed by atoms with van der Waals surface area (Å²) in [5, 5.41) is 3.33. The van der Waals surface area contributed by atoms with Crippen molar-refractivity contribution in [1.82, 2.24) is 14.9 Å². The number of nitrogens with one attached hydrogen (secondary N) is 1. The number of amides is 1. The number of fused-ring (bicyclic) bond motifs is 1. The van der Waals surface area contributed by atoms with Crippen LogP contribution < -0.4 is 5.32 Å². The Morgan fingerprint density at radius 2 is 1.58 bits per heavy atom. The zero-order valence-electron chi connectivity index (χ0n) is 20.3. The smallest absolute Gasteiger partial charge is 0.231 e. The maximum Gasteiger partial charge on any atom is 0.231 e. The zero-order chi connectivity index (χ0) is 22.9. The highest BCUT2D eigenvalue weighted by Gasteiger charge is 2.66. The maximum atomic E-state index is 13.9. The van der Waals surface area contributed by atoms with E-state index in [1.165, 1.54) is 24.8 Å². The first-order chi connectivity index (χ1) is 15.7. The molecule has 0 saturated heterocycles. The Morgan fingerprint density at radius 3 is 2.21 bits per heavy atom. The van der Waals surface area contributed by atoms with Crippen molar-refractivity contribution in [2.24, 2.45) is 21.7 Å². The molecule has 4 saturated carbocycles. The van der Waals surface area contributed by atoms with Gasteiger partial charge in [0.1, 0.15) is 12.1 Å². The molecule has 1 aliphatic heterocycles. The van der Waals surface area contributed by atoms with Gasteiger partial charge in [-0.05, 0) is 66.8 Å². The van der Waals surface area contributed by atoms with E-state index in [1.54, 1.807) is 6.33 Å². The number of carbonyl (C=O) groups excluding carboxylic acids is 1. The van der Waals surface area contributed by atoms with Crippen LogP contribution in [0.15, 0.2) is 36.7 Å². The van der Waals surface area contributed by atoms with Crippen LogP contribution in [0.5, 0.6) is 0 Å². The summed E-state index contributed by atoms with van der Waals surface area (Å²) in [5.74, 6) is 0.957. The highest BCUT2D eigenvalue weighted by Crippen LogP contribution is 2.73. The number of carbonyl (C=O) groups is 1. The van der Waals surface area contributed by atoms with E-state index in [2.05, 4.69) is 71.3 Å². The topological polar surface area (TPSA) is 58.1 Å². The molecule has 4 bridgehead atoms. The second-order valence-electron chi connectivity index (χ2n) is 12.8. The summed E-state index contributed by atoms with van der Waals surface area (Å²) in [4.78, 5) is 25.5. The summed E-state index contributed by atoms with van der Waals surface area (Å²) in [6.07, 6.45) is 9.38. The lowest BCUT2D eigenvalue weighted by Gasteiger charge is -2.68. The molecule has 5 aliphatic rings. The van der Waals surface area contributed by atoms with E-state index in [4.69, 9.17) is 0 Å². The molecule has 4 fully saturated rings. The molecular weight excluding hydrogens is 408 g/mol. The molecule has 1 aromatic carbocycles. The highest BCUT2D eigenvalue weighted by molar-refractivity contribution is 5.95. The Kier molecular flexibility index (Phi) is 4.59. The second-order valence-corrected chi connectivity index (χ2v) is 12.8. The fourth-order valence-corrected chi connectivity index (χ4v) is 9.27. The van der Waals surface area contributed by atoms with Crippen LogP contribution in [0.4, 0.5) is 5.82 Å². The predicted octanol–water partition coefficient (Wildman–Crippen LogP) is 5.36. The van der Waals surface area contributed by atoms with Crippen LogP contribution >= 0.6 is 0 Å². The van der Waals surface area contributed by atoms with Crippen LogP contribution in [0, 0.1) is 21.7 Å². The molecule has 7 rings (SSSR count). The quantitative estimate of drug-likeness (QED) is 0.690. The van der Waals surface area contributed by atoms with Crippen LogP contribution in [0.25, 0.3) is 0 Å². The van der Waals surface area contributed by atoms with Gasteiger partial charge >= 0.3 is 0 Å². The van der Waals surface area contributed by atoms with Crippen LogP contribution in [-0.4, -0.2) is 27.3 Å². The fourth-order valence-electron chi connectivity index (χ4n) is 9.27. The Hall–Kier alpha value is -2.27. The minimum atomic E-state index is -0.251. The number of rotatable bonds is 4. The number of anilines is 1. The Morgan fingerprint density at radius 1 is 0.939 bits per heavy atom. The highest BCUT2D eigenvalue weighted by atomic mass is 16.2. The summed E-state index contributed by atoms with van der Waals surface area (Å²) in [6, 6.07) is 10.6. The van der Waals surface area contributed by atoms with Gasteiger partial charge < -0.3 is 5.32 Å². The number of nitrogens with zero attached hydrogens (tertiary/aromatic N) is 3. The third-order valence-electron chi connectivity index (χ3n) is 8.90. The molecule has 33 heavy (non-hydrogen) atoms. The van der Waals surface area contributed by atoms with Gasteiger partial charge in [-0.3, -0.25) is 9.69 Å². The van der Waals surface area contributed by atoms with Gasteiger partial charge in [-0.2, -0.15) is 0 Å². The summed E-state index contributed by atoms with van der Waals surface area (Å²) in [6.45, 7) is 9.96. The number of benzene rings is 1. The lowest BCUT2D eigenvalue weighted by atomic mass is 9.36. The first-order valence-electron chi connectivity index (χ1n) is 12.6. The predicted molar refractivity (Wildman–Crippen MR) is 129 cm³/mol. The summed E-state index contributed by atoms with van der Waals surface area (Å²) >= 11 is 0. The fraction of sp³-hybridized carbons (Fsp3) is 0.607. The first kappa shape index (κ1) is 21.3. The van der Waals surface area contributed by atoms with Crippen LogP contribution in [-0.2, 0) is 24.3 Å². The van der Waals surface area contributed by atoms with Gasteiger partial charge in [0.2, 0.25) is 5.91 Å². The van der Waals surface area contributed by atoms with Crippen molar-refractivity contribution in [3.05, 3.63) is 53.5 Å². The summed E-state index contributed by atoms with van der Waals surface area (Å²) in [5.41, 5.74) is 4.12. The molecule has 0 radical (unpaired) electrons. The average molecular weight is 445 g/mol. The van der Waals surface area contributed by atoms with Crippen LogP contribution in [0.2, 0.25) is 0 Å². The normalized spacial score (nSPS) is 37.1. The van der Waals surface area contributed by atoms with Gasteiger partial charge in [-0.25, -0.2) is 9.97 Å². The van der Waals surface area contributed by atoms with Gasteiger partial charge in [-0.15, -0.1) is 0 Å². The average Bonchev–Trinajstić information content (AvgIpc) is 2.71. The van der Waals surface area contributed by atoms with Crippen LogP contribution in [0.3, 0.4) is 0 Å². The van der Waals surface area contributed by atoms with E-state index in [9.17, 15) is 4.79 Å². The standard InChI is InChI=1S/C28H36N4O/c1-25-13-26(2)15-27(3,14-25)18-28(16-25,17-26)24(33)31-23-21-9-10-32(12-22(21)29-19-30-23)11-20-7-5-4-6-8-20/h4-8,19H,9-18H2,1-3H3,(H,29,30,31,33). The molecule has 2 aromatic rings. The molecule has 1 aromatic heterocycles. The Labute approximate surface area is 197 Å². The van der Waals surface area contributed by atoms with Crippen molar-refractivity contribution in [3.63, 3.8) is 0 Å². The molecule has 2 heterocycles. The van der Waals surface area contributed by atoms with E-state index in [-0.39, 0.29) is 11.3 Å². The number of hydrogen-bond acceptors (Lipinski definition) is 4. The van der Waals surface area contributed by atoms with Gasteiger partial charge in [0.15, 0.2) is 0 Å². The minimum Gasteiger partial charge on any atom is -0.310 e. The van der Waals surface area contributed by atoms with Crippen molar-refractivity contribution in [2.45, 2.75) is 78.8 Å². The molecule has 5 nitrogen and oxygen atoms in total. The lowest BCUT2D eigenvalue weighted by Crippen LogP contribution is -2.62. The van der Waals surface area contributed by atoms with Crippen molar-refractivity contribution >= 4 is 11.7 Å². The molecule has 1 N–H and O–H groups in total. The van der Waals surface area contributed by atoms with Gasteiger partial charge in [0.25, 0.3) is 0 Å².